The fourth-order valence-corrected chi connectivity index (χ4v) is 7.57. The number of hydrogen-bond donors (Lipinski definition) is 0. The van der Waals surface area contributed by atoms with E-state index in [0.717, 1.165) is 89.0 Å². The topological polar surface area (TPSA) is 38.7 Å². The monoisotopic (exact) mass is 687 g/mol. The zero-order chi connectivity index (χ0) is 35.8. The molecule has 0 aliphatic rings. The molecule has 2 aromatic heterocycles. The molecule has 0 aliphatic heterocycles. The third kappa shape index (κ3) is 5.78. The van der Waals surface area contributed by atoms with Gasteiger partial charge in [-0.1, -0.05) is 164 Å². The average molecular weight is 688 g/mol. The van der Waals surface area contributed by atoms with Crippen LogP contribution in [0.4, 0.5) is 0 Å². The predicted octanol–water partition coefficient (Wildman–Crippen LogP) is 13.3. The van der Waals surface area contributed by atoms with Gasteiger partial charge in [0.15, 0.2) is 0 Å². The SMILES string of the molecule is c1ccc(-c2cc(-c3cccc(-c4cccc(-c5ccc6c(c5)c5ccccc5c5nc(-c7ccccc7)cnc65)c4)c3)cc(-c3ccccc3)n2)cc1. The molecule has 3 heteroatoms. The molecule has 10 rings (SSSR count). The average Bonchev–Trinajstić information content (AvgIpc) is 3.27. The molecule has 0 bridgehead atoms. The zero-order valence-corrected chi connectivity index (χ0v) is 29.4. The highest BCUT2D eigenvalue weighted by Gasteiger charge is 2.15. The van der Waals surface area contributed by atoms with Crippen molar-refractivity contribution in [1.29, 1.82) is 0 Å². The van der Waals surface area contributed by atoms with Crippen LogP contribution in [0.25, 0.3) is 99.7 Å². The lowest BCUT2D eigenvalue weighted by Gasteiger charge is -2.13. The second-order valence-corrected chi connectivity index (χ2v) is 13.6. The van der Waals surface area contributed by atoms with Crippen LogP contribution in [0.1, 0.15) is 0 Å². The van der Waals surface area contributed by atoms with Crippen LogP contribution in [0.2, 0.25) is 0 Å². The van der Waals surface area contributed by atoms with Crippen molar-refractivity contribution in [3.05, 3.63) is 200 Å². The second-order valence-electron chi connectivity index (χ2n) is 13.6. The summed E-state index contributed by atoms with van der Waals surface area (Å²) in [5.74, 6) is 0. The Balaban J connectivity index is 1.05. The summed E-state index contributed by atoms with van der Waals surface area (Å²) in [5, 5.41) is 4.55. The highest BCUT2D eigenvalue weighted by molar-refractivity contribution is 6.23. The lowest BCUT2D eigenvalue weighted by atomic mass is 9.93. The van der Waals surface area contributed by atoms with Crippen molar-refractivity contribution >= 4 is 32.6 Å². The van der Waals surface area contributed by atoms with Crippen molar-refractivity contribution in [3.8, 4) is 67.2 Å². The minimum Gasteiger partial charge on any atom is -0.252 e. The van der Waals surface area contributed by atoms with Crippen molar-refractivity contribution in [2.24, 2.45) is 0 Å². The fraction of sp³-hybridized carbons (Fsp3) is 0. The zero-order valence-electron chi connectivity index (χ0n) is 29.4. The largest absolute Gasteiger partial charge is 0.252 e. The van der Waals surface area contributed by atoms with E-state index in [1.54, 1.807) is 0 Å². The van der Waals surface area contributed by atoms with Crippen molar-refractivity contribution in [2.75, 3.05) is 0 Å². The summed E-state index contributed by atoms with van der Waals surface area (Å²) < 4.78 is 0. The van der Waals surface area contributed by atoms with E-state index in [0.29, 0.717) is 0 Å². The van der Waals surface area contributed by atoms with Gasteiger partial charge >= 0.3 is 0 Å². The van der Waals surface area contributed by atoms with Gasteiger partial charge in [-0.15, -0.1) is 0 Å². The van der Waals surface area contributed by atoms with Crippen LogP contribution in [-0.4, -0.2) is 15.0 Å². The van der Waals surface area contributed by atoms with Crippen molar-refractivity contribution < 1.29 is 0 Å². The van der Waals surface area contributed by atoms with E-state index in [2.05, 4.69) is 164 Å². The first-order valence-electron chi connectivity index (χ1n) is 18.3. The molecule has 8 aromatic carbocycles. The van der Waals surface area contributed by atoms with E-state index < -0.39 is 0 Å². The predicted molar refractivity (Wildman–Crippen MR) is 225 cm³/mol. The molecule has 0 spiro atoms. The summed E-state index contributed by atoms with van der Waals surface area (Å²) in [6.07, 6.45) is 1.90. The second kappa shape index (κ2) is 13.4. The van der Waals surface area contributed by atoms with Gasteiger partial charge in [-0.2, -0.15) is 0 Å². The number of fused-ring (bicyclic) bond motifs is 6. The van der Waals surface area contributed by atoms with E-state index in [1.807, 2.05) is 36.5 Å². The van der Waals surface area contributed by atoms with Gasteiger partial charge in [0.05, 0.1) is 34.3 Å². The van der Waals surface area contributed by atoms with E-state index in [-0.39, 0.29) is 0 Å². The number of benzene rings is 8. The molecule has 0 N–H and O–H groups in total. The number of rotatable bonds is 6. The van der Waals surface area contributed by atoms with Gasteiger partial charge in [0.2, 0.25) is 0 Å². The molecule has 0 atom stereocenters. The highest BCUT2D eigenvalue weighted by atomic mass is 14.8. The third-order valence-electron chi connectivity index (χ3n) is 10.3. The first kappa shape index (κ1) is 31.5. The van der Waals surface area contributed by atoms with E-state index in [4.69, 9.17) is 15.0 Å². The Kier molecular flexibility index (Phi) is 7.81. The minimum atomic E-state index is 0.877. The van der Waals surface area contributed by atoms with Gasteiger partial charge in [0.1, 0.15) is 0 Å². The van der Waals surface area contributed by atoms with Crippen LogP contribution in [-0.2, 0) is 0 Å². The molecule has 0 saturated carbocycles. The molecule has 0 saturated heterocycles. The fourth-order valence-electron chi connectivity index (χ4n) is 7.57. The Labute approximate surface area is 313 Å². The van der Waals surface area contributed by atoms with Crippen LogP contribution >= 0.6 is 0 Å². The molecule has 0 aliphatic carbocycles. The molecule has 3 nitrogen and oxygen atoms in total. The van der Waals surface area contributed by atoms with Gasteiger partial charge in [0.25, 0.3) is 0 Å². The number of nitrogens with zero attached hydrogens (tertiary/aromatic N) is 3. The maximum atomic E-state index is 5.15. The Morgan fingerprint density at radius 1 is 0.241 bits per heavy atom. The summed E-state index contributed by atoms with van der Waals surface area (Å²) in [4.78, 5) is 15.2. The molecule has 0 radical (unpaired) electrons. The highest BCUT2D eigenvalue weighted by Crippen LogP contribution is 2.38. The Hall–Kier alpha value is -7.23. The molecule has 0 fully saturated rings. The van der Waals surface area contributed by atoms with Gasteiger partial charge in [0, 0.05) is 27.5 Å². The van der Waals surface area contributed by atoms with Crippen molar-refractivity contribution in [1.82, 2.24) is 15.0 Å². The van der Waals surface area contributed by atoms with Crippen LogP contribution < -0.4 is 0 Å². The number of aromatic nitrogens is 3. The maximum Gasteiger partial charge on any atom is 0.0979 e. The van der Waals surface area contributed by atoms with E-state index in [9.17, 15) is 0 Å². The molecular weight excluding hydrogens is 655 g/mol. The number of hydrogen-bond acceptors (Lipinski definition) is 3. The van der Waals surface area contributed by atoms with Crippen LogP contribution in [0.3, 0.4) is 0 Å². The standard InChI is InChI=1S/C51H33N3/c1-4-14-34(15-5-1)47-31-42(32-48(53-47)35-16-6-2-7-17-35)40-23-13-21-38(29-40)37-20-12-22-39(28-37)41-26-27-45-46(30-41)43-24-10-11-25-44(43)51-50(45)52-33-49(54-51)36-18-8-3-9-19-36/h1-33H. The molecule has 2 heterocycles. The van der Waals surface area contributed by atoms with E-state index >= 15 is 0 Å². The maximum absolute atomic E-state index is 5.15. The normalized spacial score (nSPS) is 11.3. The summed E-state index contributed by atoms with van der Waals surface area (Å²) in [6, 6.07) is 68.5. The quantitative estimate of drug-likeness (QED) is 0.163. The summed E-state index contributed by atoms with van der Waals surface area (Å²) in [5.41, 5.74) is 14.8. The molecule has 54 heavy (non-hydrogen) atoms. The van der Waals surface area contributed by atoms with Crippen molar-refractivity contribution in [2.45, 2.75) is 0 Å². The van der Waals surface area contributed by atoms with Gasteiger partial charge in [-0.25, -0.2) is 9.97 Å². The summed E-state index contributed by atoms with van der Waals surface area (Å²) in [6.45, 7) is 0. The Morgan fingerprint density at radius 3 is 1.26 bits per heavy atom. The van der Waals surface area contributed by atoms with Crippen LogP contribution in [0, 0.1) is 0 Å². The smallest absolute Gasteiger partial charge is 0.0979 e. The Morgan fingerprint density at radius 2 is 0.685 bits per heavy atom. The van der Waals surface area contributed by atoms with Crippen LogP contribution in [0.5, 0.6) is 0 Å². The summed E-state index contributed by atoms with van der Waals surface area (Å²) >= 11 is 0. The van der Waals surface area contributed by atoms with Crippen molar-refractivity contribution in [3.63, 3.8) is 0 Å². The van der Waals surface area contributed by atoms with Gasteiger partial charge < -0.3 is 0 Å². The van der Waals surface area contributed by atoms with Crippen LogP contribution in [0.15, 0.2) is 200 Å². The minimum absolute atomic E-state index is 0.877. The first-order chi connectivity index (χ1) is 26.7. The Bertz CT molecular complexity index is 2900. The summed E-state index contributed by atoms with van der Waals surface area (Å²) in [7, 11) is 0. The number of pyridine rings is 1. The molecular formula is C51H33N3. The molecule has 0 unspecified atom stereocenters. The lowest BCUT2D eigenvalue weighted by molar-refractivity contribution is 1.31. The first-order valence-corrected chi connectivity index (χ1v) is 18.3. The lowest BCUT2D eigenvalue weighted by Crippen LogP contribution is -1.92. The third-order valence-corrected chi connectivity index (χ3v) is 10.3. The molecule has 10 aromatic rings. The van der Waals surface area contributed by atoms with E-state index in [1.165, 1.54) is 10.8 Å². The van der Waals surface area contributed by atoms with Gasteiger partial charge in [-0.3, -0.25) is 4.98 Å². The van der Waals surface area contributed by atoms with Gasteiger partial charge in [-0.05, 0) is 74.5 Å². The molecule has 0 amide bonds. The molecule has 252 valence electrons.